The summed E-state index contributed by atoms with van der Waals surface area (Å²) in [5, 5.41) is 5.49. The van der Waals surface area contributed by atoms with E-state index in [9.17, 15) is 0 Å². The Morgan fingerprint density at radius 3 is 2.72 bits per heavy atom. The Labute approximate surface area is 116 Å². The summed E-state index contributed by atoms with van der Waals surface area (Å²) >= 11 is 1.96. The van der Waals surface area contributed by atoms with Gasteiger partial charge in [0.2, 0.25) is 0 Å². The van der Waals surface area contributed by atoms with E-state index in [1.54, 1.807) is 0 Å². The first-order chi connectivity index (χ1) is 8.78. The molecule has 1 fully saturated rings. The molecule has 0 aromatic rings. The number of hydrogen-bond acceptors (Lipinski definition) is 3. The largest absolute Gasteiger partial charge is 0.365 e. The van der Waals surface area contributed by atoms with E-state index in [1.807, 2.05) is 11.8 Å². The summed E-state index contributed by atoms with van der Waals surface area (Å²) in [6.45, 7) is 6.81. The SMILES string of the molecule is CCCC1CN=C(NCCC2CCC(C)CC2)S1. The Morgan fingerprint density at radius 2 is 2.00 bits per heavy atom. The number of aliphatic imine (C=N–C) groups is 1. The average Bonchev–Trinajstić information content (AvgIpc) is 2.80. The van der Waals surface area contributed by atoms with E-state index >= 15 is 0 Å². The van der Waals surface area contributed by atoms with Gasteiger partial charge < -0.3 is 5.32 Å². The maximum atomic E-state index is 4.60. The molecule has 1 aliphatic carbocycles. The Balaban J connectivity index is 1.56. The summed E-state index contributed by atoms with van der Waals surface area (Å²) in [6, 6.07) is 0. The van der Waals surface area contributed by atoms with Crippen molar-refractivity contribution in [3.05, 3.63) is 0 Å². The van der Waals surface area contributed by atoms with Crippen molar-refractivity contribution in [3.8, 4) is 0 Å². The first-order valence-corrected chi connectivity index (χ1v) is 8.61. The van der Waals surface area contributed by atoms with Crippen molar-refractivity contribution in [3.63, 3.8) is 0 Å². The van der Waals surface area contributed by atoms with Gasteiger partial charge in [-0.3, -0.25) is 4.99 Å². The molecule has 0 saturated heterocycles. The molecule has 1 atom stereocenters. The van der Waals surface area contributed by atoms with E-state index in [0.717, 1.165) is 30.2 Å². The molecule has 0 amide bonds. The Bertz CT molecular complexity index is 270. The van der Waals surface area contributed by atoms with Gasteiger partial charge in [0.25, 0.3) is 0 Å². The molecular weight excluding hydrogens is 240 g/mol. The van der Waals surface area contributed by atoms with Crippen LogP contribution in [0.2, 0.25) is 0 Å². The van der Waals surface area contributed by atoms with Gasteiger partial charge in [-0.15, -0.1) is 0 Å². The van der Waals surface area contributed by atoms with E-state index in [-0.39, 0.29) is 0 Å². The van der Waals surface area contributed by atoms with Crippen LogP contribution >= 0.6 is 11.8 Å². The molecule has 1 N–H and O–H groups in total. The van der Waals surface area contributed by atoms with Crippen LogP contribution in [0.3, 0.4) is 0 Å². The Hall–Kier alpha value is -0.180. The third kappa shape index (κ3) is 4.49. The van der Waals surface area contributed by atoms with E-state index < -0.39 is 0 Å². The van der Waals surface area contributed by atoms with Crippen molar-refractivity contribution in [1.29, 1.82) is 0 Å². The second-order valence-electron chi connectivity index (χ2n) is 6.02. The lowest BCUT2D eigenvalue weighted by Crippen LogP contribution is -2.24. The van der Waals surface area contributed by atoms with E-state index in [4.69, 9.17) is 0 Å². The third-order valence-electron chi connectivity index (χ3n) is 4.29. The summed E-state index contributed by atoms with van der Waals surface area (Å²) in [6.07, 6.45) is 9.70. The van der Waals surface area contributed by atoms with Crippen LogP contribution < -0.4 is 5.32 Å². The van der Waals surface area contributed by atoms with E-state index in [1.165, 1.54) is 50.1 Å². The molecular formula is C15H28N2S. The molecule has 2 aliphatic rings. The average molecular weight is 268 g/mol. The predicted octanol–water partition coefficient (Wildman–Crippen LogP) is 4.06. The second-order valence-corrected chi connectivity index (χ2v) is 7.30. The molecule has 0 radical (unpaired) electrons. The number of rotatable bonds is 5. The van der Waals surface area contributed by atoms with Crippen molar-refractivity contribution in [2.45, 2.75) is 64.0 Å². The van der Waals surface area contributed by atoms with Crippen LogP contribution in [0.25, 0.3) is 0 Å². The minimum atomic E-state index is 0.744. The van der Waals surface area contributed by atoms with Crippen LogP contribution in [0.15, 0.2) is 4.99 Å². The predicted molar refractivity (Wildman–Crippen MR) is 82.3 cm³/mol. The van der Waals surface area contributed by atoms with Crippen LogP contribution in [-0.2, 0) is 0 Å². The minimum Gasteiger partial charge on any atom is -0.365 e. The first-order valence-electron chi connectivity index (χ1n) is 7.73. The summed E-state index contributed by atoms with van der Waals surface area (Å²) in [5.41, 5.74) is 0. The van der Waals surface area contributed by atoms with Gasteiger partial charge >= 0.3 is 0 Å². The summed E-state index contributed by atoms with van der Waals surface area (Å²) in [7, 11) is 0. The van der Waals surface area contributed by atoms with Crippen LogP contribution in [0.1, 0.15) is 58.8 Å². The first kappa shape index (κ1) is 14.2. The normalized spacial score (nSPS) is 32.3. The maximum Gasteiger partial charge on any atom is 0.156 e. The molecule has 1 saturated carbocycles. The number of thioether (sulfide) groups is 1. The fraction of sp³-hybridized carbons (Fsp3) is 0.933. The lowest BCUT2D eigenvalue weighted by atomic mass is 9.81. The molecule has 1 heterocycles. The van der Waals surface area contributed by atoms with Gasteiger partial charge in [-0.05, 0) is 24.7 Å². The lowest BCUT2D eigenvalue weighted by Gasteiger charge is -2.26. The zero-order valence-electron chi connectivity index (χ0n) is 12.0. The van der Waals surface area contributed by atoms with Gasteiger partial charge in [0, 0.05) is 11.8 Å². The zero-order valence-corrected chi connectivity index (χ0v) is 12.8. The maximum absolute atomic E-state index is 4.60. The standard InChI is InChI=1S/C15H28N2S/c1-3-4-14-11-17-15(18-14)16-10-9-13-7-5-12(2)6-8-13/h12-14H,3-11H2,1-2H3,(H,16,17). The van der Waals surface area contributed by atoms with Crippen molar-refractivity contribution >= 4 is 16.9 Å². The van der Waals surface area contributed by atoms with Gasteiger partial charge in [-0.2, -0.15) is 0 Å². The molecule has 0 bridgehead atoms. The minimum absolute atomic E-state index is 0.744. The highest BCUT2D eigenvalue weighted by molar-refractivity contribution is 8.14. The molecule has 18 heavy (non-hydrogen) atoms. The van der Waals surface area contributed by atoms with E-state index in [2.05, 4.69) is 24.2 Å². The third-order valence-corrected chi connectivity index (χ3v) is 5.51. The van der Waals surface area contributed by atoms with Gasteiger partial charge in [0.1, 0.15) is 0 Å². The molecule has 0 spiro atoms. The number of amidine groups is 1. The zero-order chi connectivity index (χ0) is 12.8. The van der Waals surface area contributed by atoms with Gasteiger partial charge in [-0.1, -0.05) is 57.7 Å². The van der Waals surface area contributed by atoms with Gasteiger partial charge in [0.15, 0.2) is 5.17 Å². The summed E-state index contributed by atoms with van der Waals surface area (Å²) in [4.78, 5) is 4.60. The molecule has 2 rings (SSSR count). The molecule has 3 heteroatoms. The fourth-order valence-corrected chi connectivity index (χ4v) is 4.14. The van der Waals surface area contributed by atoms with E-state index in [0.29, 0.717) is 0 Å². The summed E-state index contributed by atoms with van der Waals surface area (Å²) in [5.74, 6) is 1.94. The highest BCUT2D eigenvalue weighted by atomic mass is 32.2. The molecule has 1 aliphatic heterocycles. The quantitative estimate of drug-likeness (QED) is 0.813. The Morgan fingerprint density at radius 1 is 1.22 bits per heavy atom. The van der Waals surface area contributed by atoms with Crippen molar-refractivity contribution in [2.24, 2.45) is 16.8 Å². The van der Waals surface area contributed by atoms with Crippen molar-refractivity contribution in [2.75, 3.05) is 13.1 Å². The highest BCUT2D eigenvalue weighted by Gasteiger charge is 2.20. The number of nitrogens with one attached hydrogen (secondary N) is 1. The van der Waals surface area contributed by atoms with Crippen LogP contribution in [0.5, 0.6) is 0 Å². The van der Waals surface area contributed by atoms with Crippen LogP contribution in [0.4, 0.5) is 0 Å². The molecule has 104 valence electrons. The monoisotopic (exact) mass is 268 g/mol. The highest BCUT2D eigenvalue weighted by Crippen LogP contribution is 2.30. The number of hydrogen-bond donors (Lipinski definition) is 1. The number of nitrogens with zero attached hydrogens (tertiary/aromatic N) is 1. The molecule has 2 nitrogen and oxygen atoms in total. The second kappa shape index (κ2) is 7.42. The van der Waals surface area contributed by atoms with Crippen LogP contribution in [0, 0.1) is 11.8 Å². The van der Waals surface area contributed by atoms with Gasteiger partial charge in [0.05, 0.1) is 6.54 Å². The fourth-order valence-electron chi connectivity index (χ4n) is 2.99. The smallest absolute Gasteiger partial charge is 0.156 e. The molecule has 1 unspecified atom stereocenters. The lowest BCUT2D eigenvalue weighted by molar-refractivity contribution is 0.278. The van der Waals surface area contributed by atoms with Crippen LogP contribution in [-0.4, -0.2) is 23.5 Å². The molecule has 0 aromatic heterocycles. The van der Waals surface area contributed by atoms with Crippen molar-refractivity contribution in [1.82, 2.24) is 5.32 Å². The van der Waals surface area contributed by atoms with Crippen molar-refractivity contribution < 1.29 is 0 Å². The Kier molecular flexibility index (Phi) is 5.87. The topological polar surface area (TPSA) is 24.4 Å². The summed E-state index contributed by atoms with van der Waals surface area (Å²) < 4.78 is 0. The molecule has 0 aromatic carbocycles. The van der Waals surface area contributed by atoms with Gasteiger partial charge in [-0.25, -0.2) is 0 Å².